The summed E-state index contributed by atoms with van der Waals surface area (Å²) in [6.07, 6.45) is 4.10. The fourth-order valence-electron chi connectivity index (χ4n) is 2.98. The average Bonchev–Trinajstić information content (AvgIpc) is 2.98. The summed E-state index contributed by atoms with van der Waals surface area (Å²) in [6.45, 7) is 0.597. The number of fused-ring (bicyclic) bond motifs is 2. The van der Waals surface area contributed by atoms with Crippen molar-refractivity contribution in [2.24, 2.45) is 0 Å². The van der Waals surface area contributed by atoms with Crippen molar-refractivity contribution in [1.29, 1.82) is 0 Å². The van der Waals surface area contributed by atoms with Crippen LogP contribution in [-0.2, 0) is 11.3 Å². The molecule has 96 valence electrons. The average molecular weight is 247 g/mol. The highest BCUT2D eigenvalue weighted by molar-refractivity contribution is 5.89. The molecule has 2 fully saturated rings. The molecule has 3 atom stereocenters. The van der Waals surface area contributed by atoms with Crippen molar-refractivity contribution in [3.8, 4) is 0 Å². The van der Waals surface area contributed by atoms with E-state index in [2.05, 4.69) is 5.32 Å². The molecule has 18 heavy (non-hydrogen) atoms. The number of hydrogen-bond donors (Lipinski definition) is 2. The van der Waals surface area contributed by atoms with Crippen molar-refractivity contribution >= 4 is 5.97 Å². The Balaban J connectivity index is 1.65. The Labute approximate surface area is 106 Å². The molecule has 0 radical (unpaired) electrons. The first-order valence-electron chi connectivity index (χ1n) is 6.44. The van der Waals surface area contributed by atoms with Crippen LogP contribution in [0.4, 0.5) is 0 Å². The maximum Gasteiger partial charge on any atom is 0.336 e. The van der Waals surface area contributed by atoms with Gasteiger partial charge in [-0.2, -0.15) is 0 Å². The van der Waals surface area contributed by atoms with Gasteiger partial charge in [0, 0.05) is 12.6 Å². The van der Waals surface area contributed by atoms with Crippen molar-refractivity contribution in [1.82, 2.24) is 5.32 Å². The van der Waals surface area contributed by atoms with E-state index in [0.29, 0.717) is 30.4 Å². The zero-order valence-corrected chi connectivity index (χ0v) is 10.1. The molecule has 2 bridgehead atoms. The lowest BCUT2D eigenvalue weighted by Crippen LogP contribution is -2.37. The van der Waals surface area contributed by atoms with Crippen molar-refractivity contribution in [3.05, 3.63) is 35.4 Å². The highest BCUT2D eigenvalue weighted by Crippen LogP contribution is 2.34. The van der Waals surface area contributed by atoms with E-state index in [-0.39, 0.29) is 0 Å². The van der Waals surface area contributed by atoms with Crippen molar-refractivity contribution in [2.45, 2.75) is 44.1 Å². The molecule has 0 aliphatic carbocycles. The van der Waals surface area contributed by atoms with E-state index in [9.17, 15) is 4.79 Å². The number of carboxylic acid groups (broad SMARTS) is 1. The van der Waals surface area contributed by atoms with Crippen molar-refractivity contribution < 1.29 is 14.6 Å². The minimum absolute atomic E-state index is 0.326. The number of rotatable bonds is 4. The van der Waals surface area contributed by atoms with E-state index in [1.165, 1.54) is 6.42 Å². The topological polar surface area (TPSA) is 58.6 Å². The molecule has 2 heterocycles. The van der Waals surface area contributed by atoms with Gasteiger partial charge in [0.15, 0.2) is 0 Å². The first-order valence-corrected chi connectivity index (χ1v) is 6.44. The predicted octanol–water partition coefficient (Wildman–Crippen LogP) is 1.79. The smallest absolute Gasteiger partial charge is 0.336 e. The Hall–Kier alpha value is -1.39. The van der Waals surface area contributed by atoms with Crippen LogP contribution in [0.5, 0.6) is 0 Å². The number of aromatic carboxylic acids is 1. The van der Waals surface area contributed by atoms with Gasteiger partial charge in [-0.1, -0.05) is 18.2 Å². The third-order valence-electron chi connectivity index (χ3n) is 3.91. The molecular formula is C14H17NO3. The van der Waals surface area contributed by atoms with Crippen LogP contribution in [0.15, 0.2) is 24.3 Å². The SMILES string of the molecule is O=C(O)c1ccccc1CNC1CC2CCC1O2. The molecule has 0 amide bonds. The lowest BCUT2D eigenvalue weighted by Gasteiger charge is -2.20. The number of nitrogens with one attached hydrogen (secondary N) is 1. The van der Waals surface area contributed by atoms with Gasteiger partial charge in [-0.25, -0.2) is 4.79 Å². The molecule has 1 aromatic carbocycles. The second-order valence-corrected chi connectivity index (χ2v) is 5.06. The fraction of sp³-hybridized carbons (Fsp3) is 0.500. The lowest BCUT2D eigenvalue weighted by atomic mass is 9.95. The van der Waals surface area contributed by atoms with E-state index in [1.807, 2.05) is 12.1 Å². The first-order chi connectivity index (χ1) is 8.74. The highest BCUT2D eigenvalue weighted by Gasteiger charge is 2.40. The van der Waals surface area contributed by atoms with Gasteiger partial charge >= 0.3 is 5.97 Å². The second-order valence-electron chi connectivity index (χ2n) is 5.06. The van der Waals surface area contributed by atoms with Crippen LogP contribution in [0.1, 0.15) is 35.2 Å². The third kappa shape index (κ3) is 2.13. The quantitative estimate of drug-likeness (QED) is 0.851. The molecule has 4 heteroatoms. The summed E-state index contributed by atoms with van der Waals surface area (Å²) >= 11 is 0. The van der Waals surface area contributed by atoms with Crippen LogP contribution < -0.4 is 5.32 Å². The molecule has 0 aromatic heterocycles. The van der Waals surface area contributed by atoms with Gasteiger partial charge in [-0.3, -0.25) is 0 Å². The number of carboxylic acids is 1. The summed E-state index contributed by atoms with van der Waals surface area (Å²) in [4.78, 5) is 11.1. The van der Waals surface area contributed by atoms with Gasteiger partial charge in [0.1, 0.15) is 0 Å². The molecule has 2 aliphatic heterocycles. The zero-order valence-electron chi connectivity index (χ0n) is 10.1. The summed E-state index contributed by atoms with van der Waals surface area (Å²) in [5.41, 5.74) is 1.22. The third-order valence-corrected chi connectivity index (χ3v) is 3.91. The molecule has 0 saturated carbocycles. The molecule has 3 rings (SSSR count). The van der Waals surface area contributed by atoms with Crippen LogP contribution in [0.25, 0.3) is 0 Å². The predicted molar refractivity (Wildman–Crippen MR) is 66.5 cm³/mol. The maximum absolute atomic E-state index is 11.1. The summed E-state index contributed by atoms with van der Waals surface area (Å²) in [5.74, 6) is -0.864. The molecule has 4 nitrogen and oxygen atoms in total. The molecule has 2 saturated heterocycles. The van der Waals surface area contributed by atoms with Crippen LogP contribution in [-0.4, -0.2) is 29.3 Å². The Morgan fingerprint density at radius 3 is 2.89 bits per heavy atom. The molecule has 2 aliphatic rings. The number of ether oxygens (including phenoxy) is 1. The molecular weight excluding hydrogens is 230 g/mol. The number of hydrogen-bond acceptors (Lipinski definition) is 3. The fourth-order valence-corrected chi connectivity index (χ4v) is 2.98. The van der Waals surface area contributed by atoms with Gasteiger partial charge < -0.3 is 15.2 Å². The number of carbonyl (C=O) groups is 1. The van der Waals surface area contributed by atoms with E-state index in [4.69, 9.17) is 9.84 Å². The maximum atomic E-state index is 11.1. The molecule has 0 spiro atoms. The van der Waals surface area contributed by atoms with Crippen LogP contribution in [0.2, 0.25) is 0 Å². The summed E-state index contributed by atoms with van der Waals surface area (Å²) in [6, 6.07) is 7.53. The largest absolute Gasteiger partial charge is 0.478 e. The summed E-state index contributed by atoms with van der Waals surface area (Å²) < 4.78 is 5.77. The van der Waals surface area contributed by atoms with E-state index < -0.39 is 5.97 Å². The van der Waals surface area contributed by atoms with Gasteiger partial charge in [-0.15, -0.1) is 0 Å². The minimum atomic E-state index is -0.864. The summed E-state index contributed by atoms with van der Waals surface area (Å²) in [7, 11) is 0. The Bertz CT molecular complexity index is 460. The van der Waals surface area contributed by atoms with Gasteiger partial charge in [0.2, 0.25) is 0 Å². The zero-order chi connectivity index (χ0) is 12.5. The van der Waals surface area contributed by atoms with E-state index in [1.54, 1.807) is 12.1 Å². The minimum Gasteiger partial charge on any atom is -0.478 e. The van der Waals surface area contributed by atoms with Gasteiger partial charge in [-0.05, 0) is 30.9 Å². The monoisotopic (exact) mass is 247 g/mol. The van der Waals surface area contributed by atoms with Crippen LogP contribution in [0, 0.1) is 0 Å². The molecule has 1 aromatic rings. The Morgan fingerprint density at radius 1 is 1.39 bits per heavy atom. The summed E-state index contributed by atoms with van der Waals surface area (Å²) in [5, 5.41) is 12.5. The number of benzene rings is 1. The Morgan fingerprint density at radius 2 is 2.22 bits per heavy atom. The van der Waals surface area contributed by atoms with Crippen LogP contribution in [0.3, 0.4) is 0 Å². The first kappa shape index (κ1) is 11.7. The van der Waals surface area contributed by atoms with Crippen LogP contribution >= 0.6 is 0 Å². The second kappa shape index (κ2) is 4.71. The van der Waals surface area contributed by atoms with Gasteiger partial charge in [0.05, 0.1) is 17.8 Å². The van der Waals surface area contributed by atoms with Crippen molar-refractivity contribution in [3.63, 3.8) is 0 Å². The van der Waals surface area contributed by atoms with E-state index >= 15 is 0 Å². The van der Waals surface area contributed by atoms with Crippen molar-refractivity contribution in [2.75, 3.05) is 0 Å². The molecule has 3 unspecified atom stereocenters. The van der Waals surface area contributed by atoms with Gasteiger partial charge in [0.25, 0.3) is 0 Å². The normalized spacial score (nSPS) is 29.7. The van der Waals surface area contributed by atoms with E-state index in [0.717, 1.165) is 18.4 Å². The lowest BCUT2D eigenvalue weighted by molar-refractivity contribution is 0.0695. The standard InChI is InChI=1S/C14H17NO3/c16-14(17)11-4-2-1-3-9(11)8-15-12-7-10-5-6-13(12)18-10/h1-4,10,12-13,15H,5-8H2,(H,16,17). The molecule has 2 N–H and O–H groups in total. The highest BCUT2D eigenvalue weighted by atomic mass is 16.5. The Kier molecular flexibility index (Phi) is 3.06.